The Hall–Kier alpha value is -2.95. The number of benzene rings is 3. The van der Waals surface area contributed by atoms with Gasteiger partial charge in [0.1, 0.15) is 17.9 Å². The zero-order valence-electron chi connectivity index (χ0n) is 16.6. The molecule has 0 aliphatic carbocycles. The van der Waals surface area contributed by atoms with Crippen molar-refractivity contribution in [1.82, 2.24) is 0 Å². The van der Waals surface area contributed by atoms with Crippen LogP contribution in [-0.4, -0.2) is 20.2 Å². The summed E-state index contributed by atoms with van der Waals surface area (Å²) in [5.41, 5.74) is 4.47. The normalized spacial score (nSPS) is 11.4. The summed E-state index contributed by atoms with van der Waals surface area (Å²) in [7, 11) is 1.58. The van der Waals surface area contributed by atoms with E-state index in [-0.39, 0.29) is 12.6 Å². The Morgan fingerprint density at radius 3 is 2.33 bits per heavy atom. The van der Waals surface area contributed by atoms with Crippen molar-refractivity contribution in [2.45, 2.75) is 12.8 Å². The molecule has 3 aromatic carbocycles. The number of ether oxygens (including phenoxy) is 2. The van der Waals surface area contributed by atoms with Gasteiger partial charge in [-0.15, -0.1) is 0 Å². The summed E-state index contributed by atoms with van der Waals surface area (Å²) in [4.78, 5) is 10.9. The van der Waals surface area contributed by atoms with Crippen LogP contribution in [0.3, 0.4) is 0 Å². The van der Waals surface area contributed by atoms with Crippen molar-refractivity contribution in [3.63, 3.8) is 0 Å². The zero-order valence-corrected chi connectivity index (χ0v) is 17.4. The highest BCUT2D eigenvalue weighted by Gasteiger charge is 2.09. The fourth-order valence-electron chi connectivity index (χ4n) is 3.06. The van der Waals surface area contributed by atoms with Gasteiger partial charge >= 0.3 is 0 Å². The fraction of sp³-hybridized carbons (Fsp3) is 0.160. The maximum absolute atomic E-state index is 13.5. The number of hydrogen-bond donors (Lipinski definition) is 0. The van der Waals surface area contributed by atoms with Crippen LogP contribution in [0.25, 0.3) is 11.6 Å². The molecule has 0 spiro atoms. The molecule has 0 aromatic heterocycles. The fourth-order valence-corrected chi connectivity index (χ4v) is 3.35. The van der Waals surface area contributed by atoms with E-state index in [2.05, 4.69) is 0 Å². The minimum absolute atomic E-state index is 0.207. The average Bonchev–Trinajstić information content (AvgIpc) is 2.76. The van der Waals surface area contributed by atoms with Gasteiger partial charge in [0.05, 0.1) is 5.02 Å². The second kappa shape index (κ2) is 10.7. The topological polar surface area (TPSA) is 35.5 Å². The lowest BCUT2D eigenvalue weighted by atomic mass is 9.96. The van der Waals surface area contributed by atoms with Crippen LogP contribution in [0.2, 0.25) is 5.02 Å². The first kappa shape index (κ1) is 21.8. The lowest BCUT2D eigenvalue weighted by molar-refractivity contribution is 0.0511. The second-order valence-corrected chi connectivity index (χ2v) is 7.18. The molecule has 0 saturated carbocycles. The SMILES string of the molecule is COCOc1ccc(CC/C(=C\c2ccc(C=O)cc2)c2ccc(F)cc2Cl)cc1. The Morgan fingerprint density at radius 2 is 1.70 bits per heavy atom. The van der Waals surface area contributed by atoms with Crippen LogP contribution < -0.4 is 4.74 Å². The molecule has 3 aromatic rings. The quantitative estimate of drug-likeness (QED) is 0.225. The van der Waals surface area contributed by atoms with Crippen LogP contribution in [0.1, 0.15) is 33.5 Å². The molecule has 0 N–H and O–H groups in total. The number of methoxy groups -OCH3 is 1. The third-order valence-corrected chi connectivity index (χ3v) is 4.95. The summed E-state index contributed by atoms with van der Waals surface area (Å²) < 4.78 is 23.9. The van der Waals surface area contributed by atoms with Crippen molar-refractivity contribution >= 4 is 29.5 Å². The predicted octanol–water partition coefficient (Wildman–Crippen LogP) is 6.45. The maximum Gasteiger partial charge on any atom is 0.188 e. The third-order valence-electron chi connectivity index (χ3n) is 4.64. The van der Waals surface area contributed by atoms with Crippen molar-refractivity contribution in [2.75, 3.05) is 13.9 Å². The molecule has 3 rings (SSSR count). The molecule has 0 saturated heterocycles. The summed E-state index contributed by atoms with van der Waals surface area (Å²) >= 11 is 6.33. The number of carbonyl (C=O) groups is 1. The first-order chi connectivity index (χ1) is 14.6. The van der Waals surface area contributed by atoms with Crippen LogP contribution in [0.5, 0.6) is 5.75 Å². The van der Waals surface area contributed by atoms with Crippen LogP contribution in [0.15, 0.2) is 66.7 Å². The lowest BCUT2D eigenvalue weighted by Gasteiger charge is -2.12. The number of hydrogen-bond acceptors (Lipinski definition) is 3. The molecule has 3 nitrogen and oxygen atoms in total. The van der Waals surface area contributed by atoms with Gasteiger partial charge < -0.3 is 9.47 Å². The Bertz CT molecular complexity index is 1010. The summed E-state index contributed by atoms with van der Waals surface area (Å²) in [5, 5.41) is 0.370. The van der Waals surface area contributed by atoms with Crippen LogP contribution >= 0.6 is 11.6 Å². The van der Waals surface area contributed by atoms with Crippen molar-refractivity contribution < 1.29 is 18.7 Å². The molecule has 154 valence electrons. The van der Waals surface area contributed by atoms with Crippen molar-refractivity contribution in [3.8, 4) is 5.75 Å². The molecule has 0 aliphatic heterocycles. The van der Waals surface area contributed by atoms with E-state index in [9.17, 15) is 9.18 Å². The van der Waals surface area contributed by atoms with E-state index in [1.165, 1.54) is 12.1 Å². The number of aldehydes is 1. The molecule has 0 amide bonds. The minimum atomic E-state index is -0.370. The van der Waals surface area contributed by atoms with Gasteiger partial charge in [-0.1, -0.05) is 60.1 Å². The molecule has 0 aliphatic rings. The number of halogens is 2. The summed E-state index contributed by atoms with van der Waals surface area (Å²) in [6, 6.07) is 19.5. The van der Waals surface area contributed by atoms with Gasteiger partial charge in [0, 0.05) is 12.7 Å². The zero-order chi connectivity index (χ0) is 21.3. The largest absolute Gasteiger partial charge is 0.468 e. The second-order valence-electron chi connectivity index (χ2n) is 6.77. The van der Waals surface area contributed by atoms with Crippen LogP contribution in [0, 0.1) is 5.82 Å². The lowest BCUT2D eigenvalue weighted by Crippen LogP contribution is -1.98. The molecule has 0 radical (unpaired) electrons. The molecule has 0 atom stereocenters. The number of allylic oxidation sites excluding steroid dienone is 1. The highest BCUT2D eigenvalue weighted by molar-refractivity contribution is 6.32. The van der Waals surface area contributed by atoms with Crippen molar-refractivity contribution in [2.24, 2.45) is 0 Å². The van der Waals surface area contributed by atoms with E-state index in [0.717, 1.165) is 40.7 Å². The molecular weight excluding hydrogens is 403 g/mol. The van der Waals surface area contributed by atoms with E-state index < -0.39 is 0 Å². The van der Waals surface area contributed by atoms with Gasteiger partial charge in [0.15, 0.2) is 6.79 Å². The van der Waals surface area contributed by atoms with Crippen molar-refractivity contribution in [1.29, 1.82) is 0 Å². The molecule has 0 unspecified atom stereocenters. The molecule has 5 heteroatoms. The number of carbonyl (C=O) groups excluding carboxylic acids is 1. The summed E-state index contributed by atoms with van der Waals surface area (Å²) in [5.74, 6) is 0.373. The Morgan fingerprint density at radius 1 is 1.00 bits per heavy atom. The van der Waals surface area contributed by atoms with Crippen molar-refractivity contribution in [3.05, 3.63) is 99.8 Å². The van der Waals surface area contributed by atoms with Crippen LogP contribution in [-0.2, 0) is 11.2 Å². The van der Waals surface area contributed by atoms with Gasteiger partial charge in [-0.25, -0.2) is 4.39 Å². The Balaban J connectivity index is 1.83. The van der Waals surface area contributed by atoms with Gasteiger partial charge in [-0.3, -0.25) is 4.79 Å². The first-order valence-electron chi connectivity index (χ1n) is 9.51. The van der Waals surface area contributed by atoms with E-state index in [1.54, 1.807) is 25.3 Å². The molecule has 0 heterocycles. The summed E-state index contributed by atoms with van der Waals surface area (Å²) in [6.45, 7) is 0.207. The number of rotatable bonds is 9. The third kappa shape index (κ3) is 6.02. The highest BCUT2D eigenvalue weighted by atomic mass is 35.5. The Labute approximate surface area is 180 Å². The predicted molar refractivity (Wildman–Crippen MR) is 118 cm³/mol. The van der Waals surface area contributed by atoms with Gasteiger partial charge in [0.2, 0.25) is 0 Å². The number of aryl methyl sites for hydroxylation is 1. The van der Waals surface area contributed by atoms with E-state index >= 15 is 0 Å². The van der Waals surface area contributed by atoms with Crippen LogP contribution in [0.4, 0.5) is 4.39 Å². The average molecular weight is 425 g/mol. The minimum Gasteiger partial charge on any atom is -0.468 e. The standard InChI is InChI=1S/C25H22ClFO3/c1-29-17-30-23-11-7-18(8-12-23)6-9-21(24-13-10-22(27)15-25(24)26)14-19-2-4-20(16-28)5-3-19/h2-5,7-8,10-16H,6,9,17H2,1H3/b21-14+. The monoisotopic (exact) mass is 424 g/mol. The maximum atomic E-state index is 13.5. The molecule has 0 bridgehead atoms. The van der Waals surface area contributed by atoms with Gasteiger partial charge in [-0.05, 0) is 59.4 Å². The van der Waals surface area contributed by atoms with E-state index in [4.69, 9.17) is 21.1 Å². The summed E-state index contributed by atoms with van der Waals surface area (Å²) in [6.07, 6.45) is 4.31. The molecule has 0 fully saturated rings. The highest BCUT2D eigenvalue weighted by Crippen LogP contribution is 2.30. The molecule has 30 heavy (non-hydrogen) atoms. The Kier molecular flexibility index (Phi) is 7.77. The van der Waals surface area contributed by atoms with Gasteiger partial charge in [0.25, 0.3) is 0 Å². The first-order valence-corrected chi connectivity index (χ1v) is 9.89. The van der Waals surface area contributed by atoms with E-state index in [0.29, 0.717) is 17.0 Å². The van der Waals surface area contributed by atoms with E-state index in [1.807, 2.05) is 42.5 Å². The molecular formula is C25H22ClFO3. The smallest absolute Gasteiger partial charge is 0.188 e. The van der Waals surface area contributed by atoms with Gasteiger partial charge in [-0.2, -0.15) is 0 Å².